The zero-order valence-corrected chi connectivity index (χ0v) is 10.2. The van der Waals surface area contributed by atoms with Crippen molar-refractivity contribution in [1.82, 2.24) is 14.8 Å². The first kappa shape index (κ1) is 12.3. The van der Waals surface area contributed by atoms with E-state index in [2.05, 4.69) is 10.2 Å². The minimum absolute atomic E-state index is 0.0840. The Kier molecular flexibility index (Phi) is 3.72. The van der Waals surface area contributed by atoms with Gasteiger partial charge in [-0.3, -0.25) is 4.79 Å². The molecule has 0 fully saturated rings. The molecule has 0 radical (unpaired) electrons. The molecule has 94 valence electrons. The summed E-state index contributed by atoms with van der Waals surface area (Å²) in [5.41, 5.74) is 1.14. The van der Waals surface area contributed by atoms with Crippen LogP contribution in [0.25, 0.3) is 0 Å². The second-order valence-corrected chi connectivity index (χ2v) is 4.12. The van der Waals surface area contributed by atoms with Crippen molar-refractivity contribution in [1.29, 1.82) is 0 Å². The average Bonchev–Trinajstić information content (AvgIpc) is 2.69. The van der Waals surface area contributed by atoms with Crippen molar-refractivity contribution >= 4 is 5.97 Å². The standard InChI is InChI=1S/C13H15N3O2/c1-10-14-15-12(16(10)8-7-13(17)18)9-11-5-3-2-4-6-11/h2-6H,7-9H2,1H3,(H,17,18). The number of benzene rings is 1. The van der Waals surface area contributed by atoms with E-state index in [1.807, 2.05) is 41.8 Å². The van der Waals surface area contributed by atoms with Gasteiger partial charge >= 0.3 is 5.97 Å². The molecule has 1 aromatic carbocycles. The van der Waals surface area contributed by atoms with Crippen LogP contribution in [0.5, 0.6) is 0 Å². The summed E-state index contributed by atoms with van der Waals surface area (Å²) in [6.45, 7) is 2.25. The lowest BCUT2D eigenvalue weighted by Crippen LogP contribution is -2.10. The van der Waals surface area contributed by atoms with Crippen molar-refractivity contribution in [2.45, 2.75) is 26.3 Å². The zero-order valence-electron chi connectivity index (χ0n) is 10.2. The van der Waals surface area contributed by atoms with Gasteiger partial charge in [0.05, 0.1) is 6.42 Å². The first-order valence-corrected chi connectivity index (χ1v) is 5.81. The van der Waals surface area contributed by atoms with Crippen LogP contribution in [-0.4, -0.2) is 25.8 Å². The summed E-state index contributed by atoms with van der Waals surface area (Å²) in [5.74, 6) is 0.746. The van der Waals surface area contributed by atoms with Crippen LogP contribution < -0.4 is 0 Å². The molecule has 1 heterocycles. The van der Waals surface area contributed by atoms with Gasteiger partial charge in [0.25, 0.3) is 0 Å². The molecule has 0 aliphatic carbocycles. The third-order valence-corrected chi connectivity index (χ3v) is 2.77. The van der Waals surface area contributed by atoms with Gasteiger partial charge in [-0.15, -0.1) is 10.2 Å². The summed E-state index contributed by atoms with van der Waals surface area (Å²) < 4.78 is 1.86. The summed E-state index contributed by atoms with van der Waals surface area (Å²) in [6.07, 6.45) is 0.752. The highest BCUT2D eigenvalue weighted by atomic mass is 16.4. The highest BCUT2D eigenvalue weighted by molar-refractivity contribution is 5.66. The van der Waals surface area contributed by atoms with Crippen molar-refractivity contribution in [3.05, 3.63) is 47.5 Å². The van der Waals surface area contributed by atoms with E-state index < -0.39 is 5.97 Å². The first-order valence-electron chi connectivity index (χ1n) is 5.81. The Morgan fingerprint density at radius 2 is 2.00 bits per heavy atom. The summed E-state index contributed by atoms with van der Waals surface area (Å²) in [4.78, 5) is 10.6. The molecule has 1 N–H and O–H groups in total. The van der Waals surface area contributed by atoms with E-state index in [0.717, 1.165) is 17.2 Å². The number of carboxylic acids is 1. The second kappa shape index (κ2) is 5.44. The zero-order chi connectivity index (χ0) is 13.0. The minimum Gasteiger partial charge on any atom is -0.481 e. The molecule has 5 nitrogen and oxygen atoms in total. The Labute approximate surface area is 105 Å². The van der Waals surface area contributed by atoms with E-state index in [1.54, 1.807) is 0 Å². The number of carbonyl (C=O) groups is 1. The molecule has 0 bridgehead atoms. The van der Waals surface area contributed by atoms with Crippen molar-refractivity contribution < 1.29 is 9.90 Å². The van der Waals surface area contributed by atoms with Gasteiger partial charge in [0.1, 0.15) is 11.6 Å². The summed E-state index contributed by atoms with van der Waals surface area (Å²) >= 11 is 0. The fourth-order valence-corrected chi connectivity index (χ4v) is 1.83. The van der Waals surface area contributed by atoms with E-state index in [4.69, 9.17) is 5.11 Å². The third kappa shape index (κ3) is 2.94. The van der Waals surface area contributed by atoms with E-state index in [0.29, 0.717) is 13.0 Å². The van der Waals surface area contributed by atoms with Gasteiger partial charge in [-0.05, 0) is 12.5 Å². The number of carboxylic acid groups (broad SMARTS) is 1. The van der Waals surface area contributed by atoms with Gasteiger partial charge < -0.3 is 9.67 Å². The van der Waals surface area contributed by atoms with E-state index in [-0.39, 0.29) is 6.42 Å². The molecule has 5 heteroatoms. The predicted molar refractivity (Wildman–Crippen MR) is 66.3 cm³/mol. The Balaban J connectivity index is 2.15. The maximum atomic E-state index is 10.6. The van der Waals surface area contributed by atoms with Crippen LogP contribution in [0.3, 0.4) is 0 Å². The number of aromatic nitrogens is 3. The second-order valence-electron chi connectivity index (χ2n) is 4.12. The van der Waals surface area contributed by atoms with E-state index in [9.17, 15) is 4.79 Å². The van der Waals surface area contributed by atoms with E-state index >= 15 is 0 Å². The maximum Gasteiger partial charge on any atom is 0.305 e. The molecule has 0 atom stereocenters. The van der Waals surface area contributed by atoms with Crippen molar-refractivity contribution in [2.24, 2.45) is 0 Å². The number of aryl methyl sites for hydroxylation is 1. The van der Waals surface area contributed by atoms with Gasteiger partial charge in [-0.2, -0.15) is 0 Å². The SMILES string of the molecule is Cc1nnc(Cc2ccccc2)n1CCC(=O)O. The molecule has 2 aromatic rings. The van der Waals surface area contributed by atoms with Crippen LogP contribution in [0.15, 0.2) is 30.3 Å². The Morgan fingerprint density at radius 1 is 1.28 bits per heavy atom. The summed E-state index contributed by atoms with van der Waals surface area (Å²) in [7, 11) is 0. The van der Waals surface area contributed by atoms with Gasteiger partial charge in [0.15, 0.2) is 0 Å². The summed E-state index contributed by atoms with van der Waals surface area (Å²) in [5, 5.41) is 16.8. The Hall–Kier alpha value is -2.17. The smallest absolute Gasteiger partial charge is 0.305 e. The highest BCUT2D eigenvalue weighted by Gasteiger charge is 2.10. The van der Waals surface area contributed by atoms with Crippen LogP contribution in [0, 0.1) is 6.92 Å². The van der Waals surface area contributed by atoms with Crippen LogP contribution in [-0.2, 0) is 17.8 Å². The molecule has 1 aromatic heterocycles. The summed E-state index contributed by atoms with van der Waals surface area (Å²) in [6, 6.07) is 9.95. The topological polar surface area (TPSA) is 68.0 Å². The monoisotopic (exact) mass is 245 g/mol. The molecular formula is C13H15N3O2. The molecular weight excluding hydrogens is 230 g/mol. The van der Waals surface area contributed by atoms with E-state index in [1.165, 1.54) is 0 Å². The Bertz CT molecular complexity index is 534. The number of aliphatic carboxylic acids is 1. The van der Waals surface area contributed by atoms with Gasteiger partial charge in [-0.25, -0.2) is 0 Å². The van der Waals surface area contributed by atoms with Crippen molar-refractivity contribution in [3.8, 4) is 0 Å². The Morgan fingerprint density at radius 3 is 2.67 bits per heavy atom. The normalized spacial score (nSPS) is 10.5. The number of rotatable bonds is 5. The predicted octanol–water partition coefficient (Wildman–Crippen LogP) is 1.65. The fraction of sp³-hybridized carbons (Fsp3) is 0.308. The molecule has 0 unspecified atom stereocenters. The van der Waals surface area contributed by atoms with Crippen LogP contribution in [0.1, 0.15) is 23.6 Å². The van der Waals surface area contributed by atoms with Crippen LogP contribution >= 0.6 is 0 Å². The molecule has 2 rings (SSSR count). The van der Waals surface area contributed by atoms with Gasteiger partial charge in [0, 0.05) is 13.0 Å². The quantitative estimate of drug-likeness (QED) is 0.869. The molecule has 0 saturated carbocycles. The number of hydrogen-bond acceptors (Lipinski definition) is 3. The molecule has 0 amide bonds. The van der Waals surface area contributed by atoms with Crippen LogP contribution in [0.4, 0.5) is 0 Å². The first-order chi connectivity index (χ1) is 8.66. The largest absolute Gasteiger partial charge is 0.481 e. The third-order valence-electron chi connectivity index (χ3n) is 2.77. The van der Waals surface area contributed by atoms with Crippen molar-refractivity contribution in [3.63, 3.8) is 0 Å². The van der Waals surface area contributed by atoms with Gasteiger partial charge in [0.2, 0.25) is 0 Å². The maximum absolute atomic E-state index is 10.6. The highest BCUT2D eigenvalue weighted by Crippen LogP contribution is 2.09. The van der Waals surface area contributed by atoms with Crippen LogP contribution in [0.2, 0.25) is 0 Å². The average molecular weight is 245 g/mol. The van der Waals surface area contributed by atoms with Crippen molar-refractivity contribution in [2.75, 3.05) is 0 Å². The number of hydrogen-bond donors (Lipinski definition) is 1. The lowest BCUT2D eigenvalue weighted by atomic mass is 10.1. The number of nitrogens with zero attached hydrogens (tertiary/aromatic N) is 3. The minimum atomic E-state index is -0.811. The lowest BCUT2D eigenvalue weighted by molar-refractivity contribution is -0.137. The lowest BCUT2D eigenvalue weighted by Gasteiger charge is -2.06. The molecule has 0 saturated heterocycles. The molecule has 0 spiro atoms. The van der Waals surface area contributed by atoms with Gasteiger partial charge in [-0.1, -0.05) is 30.3 Å². The molecule has 0 aliphatic rings. The fourth-order valence-electron chi connectivity index (χ4n) is 1.83. The molecule has 0 aliphatic heterocycles. The molecule has 18 heavy (non-hydrogen) atoms.